The predicted octanol–water partition coefficient (Wildman–Crippen LogP) is 3.05. The van der Waals surface area contributed by atoms with E-state index in [1.165, 1.54) is 12.8 Å². The lowest BCUT2D eigenvalue weighted by atomic mass is 9.94. The van der Waals surface area contributed by atoms with E-state index in [2.05, 4.69) is 18.9 Å². The minimum Gasteiger partial charge on any atom is -0.483 e. The Balaban J connectivity index is 1.45. The molecule has 7 nitrogen and oxygen atoms in total. The molecule has 1 saturated heterocycles. The zero-order valence-corrected chi connectivity index (χ0v) is 16.4. The first-order chi connectivity index (χ1) is 13.1. The molecule has 146 valence electrons. The van der Waals surface area contributed by atoms with Crippen molar-refractivity contribution in [3.63, 3.8) is 0 Å². The summed E-state index contributed by atoms with van der Waals surface area (Å²) in [5.74, 6) is 4.70. The number of likely N-dealkylation sites (tertiary alicyclic amines) is 1. The molecule has 2 aliphatic rings. The summed E-state index contributed by atoms with van der Waals surface area (Å²) >= 11 is 0. The highest BCUT2D eigenvalue weighted by molar-refractivity contribution is 5.46. The van der Waals surface area contributed by atoms with Crippen LogP contribution in [-0.2, 0) is 13.0 Å². The lowest BCUT2D eigenvalue weighted by molar-refractivity contribution is 0.173. The molecule has 0 bridgehead atoms. The van der Waals surface area contributed by atoms with Gasteiger partial charge in [0.25, 0.3) is 0 Å². The fourth-order valence-electron chi connectivity index (χ4n) is 3.75. The zero-order chi connectivity index (χ0) is 18.8. The van der Waals surface area contributed by atoms with Crippen LogP contribution in [0.3, 0.4) is 0 Å². The third kappa shape index (κ3) is 4.03. The molecule has 1 fully saturated rings. The molecule has 1 atom stereocenters. The number of hydrogen-bond donors (Lipinski definition) is 0. The van der Waals surface area contributed by atoms with Crippen molar-refractivity contribution in [3.8, 4) is 17.2 Å². The highest BCUT2D eigenvalue weighted by Crippen LogP contribution is 2.36. The van der Waals surface area contributed by atoms with Crippen molar-refractivity contribution in [2.45, 2.75) is 45.8 Å². The lowest BCUT2D eigenvalue weighted by Crippen LogP contribution is -2.31. The zero-order valence-electron chi connectivity index (χ0n) is 16.4. The van der Waals surface area contributed by atoms with E-state index in [1.807, 2.05) is 29.8 Å². The highest BCUT2D eigenvalue weighted by atomic mass is 16.7. The summed E-state index contributed by atoms with van der Waals surface area (Å²) in [6.07, 6.45) is 3.19. The molecule has 0 saturated carbocycles. The average molecular weight is 372 g/mol. The second kappa shape index (κ2) is 7.76. The summed E-state index contributed by atoms with van der Waals surface area (Å²) in [4.78, 5) is 7.21. The van der Waals surface area contributed by atoms with Crippen LogP contribution in [0, 0.1) is 5.92 Å². The molecule has 2 aromatic rings. The molecule has 1 unspecified atom stereocenters. The Morgan fingerprint density at radius 3 is 2.78 bits per heavy atom. The van der Waals surface area contributed by atoms with Crippen molar-refractivity contribution in [1.29, 1.82) is 0 Å². The van der Waals surface area contributed by atoms with Crippen LogP contribution in [0.15, 0.2) is 18.2 Å². The Kier molecular flexibility index (Phi) is 5.20. The smallest absolute Gasteiger partial charge is 0.231 e. The number of hydrogen-bond acceptors (Lipinski definition) is 6. The number of fused-ring (bicyclic) bond motifs is 1. The van der Waals surface area contributed by atoms with E-state index < -0.39 is 0 Å². The van der Waals surface area contributed by atoms with E-state index in [4.69, 9.17) is 24.3 Å². The van der Waals surface area contributed by atoms with Gasteiger partial charge in [-0.2, -0.15) is 5.10 Å². The van der Waals surface area contributed by atoms with Crippen LogP contribution in [0.5, 0.6) is 17.2 Å². The van der Waals surface area contributed by atoms with Crippen LogP contribution in [0.4, 0.5) is 0 Å². The van der Waals surface area contributed by atoms with Gasteiger partial charge in [0.1, 0.15) is 5.75 Å². The van der Waals surface area contributed by atoms with Crippen molar-refractivity contribution in [1.82, 2.24) is 19.7 Å². The fourth-order valence-corrected chi connectivity index (χ4v) is 3.75. The van der Waals surface area contributed by atoms with Gasteiger partial charge in [-0.3, -0.25) is 0 Å². The van der Waals surface area contributed by atoms with Crippen LogP contribution in [0.2, 0.25) is 0 Å². The largest absolute Gasteiger partial charge is 0.483 e. The van der Waals surface area contributed by atoms with Gasteiger partial charge in [-0.15, -0.1) is 0 Å². The topological polar surface area (TPSA) is 61.6 Å². The first-order valence-corrected chi connectivity index (χ1v) is 9.81. The van der Waals surface area contributed by atoms with Gasteiger partial charge in [0.2, 0.25) is 6.79 Å². The second-order valence-electron chi connectivity index (χ2n) is 7.43. The fraction of sp³-hybridized carbons (Fsp3) is 0.600. The monoisotopic (exact) mass is 372 g/mol. The molecule has 27 heavy (non-hydrogen) atoms. The molecule has 0 radical (unpaired) electrons. The van der Waals surface area contributed by atoms with Crippen LogP contribution in [0.25, 0.3) is 0 Å². The Hall–Kier alpha value is -2.28. The molecule has 3 heterocycles. The molecular weight excluding hydrogens is 344 g/mol. The van der Waals surface area contributed by atoms with E-state index in [0.29, 0.717) is 5.92 Å². The summed E-state index contributed by atoms with van der Waals surface area (Å²) in [5.41, 5.74) is 0. The first kappa shape index (κ1) is 18.1. The third-order valence-electron chi connectivity index (χ3n) is 5.37. The molecule has 4 rings (SSSR count). The summed E-state index contributed by atoms with van der Waals surface area (Å²) in [5, 5.41) is 4.73. The maximum atomic E-state index is 6.12. The van der Waals surface area contributed by atoms with Crippen molar-refractivity contribution < 1.29 is 14.2 Å². The quantitative estimate of drug-likeness (QED) is 0.777. The van der Waals surface area contributed by atoms with Crippen LogP contribution in [0.1, 0.15) is 44.4 Å². The molecule has 1 aromatic heterocycles. The van der Waals surface area contributed by atoms with Gasteiger partial charge >= 0.3 is 0 Å². The summed E-state index contributed by atoms with van der Waals surface area (Å²) < 4.78 is 18.9. The van der Waals surface area contributed by atoms with Gasteiger partial charge in [0.05, 0.1) is 0 Å². The Labute approximate surface area is 160 Å². The van der Waals surface area contributed by atoms with Crippen molar-refractivity contribution in [3.05, 3.63) is 29.8 Å². The Bertz CT molecular complexity index is 784. The molecule has 7 heteroatoms. The second-order valence-corrected chi connectivity index (χ2v) is 7.43. The molecule has 0 spiro atoms. The summed E-state index contributed by atoms with van der Waals surface area (Å²) in [6.45, 7) is 7.47. The van der Waals surface area contributed by atoms with Gasteiger partial charge in [0, 0.05) is 19.0 Å². The number of piperidine rings is 1. The molecule has 0 N–H and O–H groups in total. The minimum absolute atomic E-state index is 0.191. The van der Waals surface area contributed by atoms with Gasteiger partial charge in [-0.1, -0.05) is 0 Å². The van der Waals surface area contributed by atoms with Gasteiger partial charge in [0.15, 0.2) is 29.3 Å². The maximum absolute atomic E-state index is 6.12. The standard InChI is InChI=1S/C20H28N4O3/c1-4-24-20(21-19(22-24)11-15-7-9-23(3)10-8-15)14(2)27-16-5-6-17-18(12-16)26-13-25-17/h5-6,12,14-15H,4,7-11,13H2,1-3H3. The van der Waals surface area contributed by atoms with Gasteiger partial charge in [-0.05, 0) is 64.9 Å². The van der Waals surface area contributed by atoms with E-state index in [0.717, 1.165) is 55.0 Å². The molecule has 0 amide bonds. The lowest BCUT2D eigenvalue weighted by Gasteiger charge is -2.28. The molecular formula is C20H28N4O3. The average Bonchev–Trinajstić information content (AvgIpc) is 3.29. The number of aryl methyl sites for hydroxylation is 1. The summed E-state index contributed by atoms with van der Waals surface area (Å²) in [7, 11) is 2.19. The Morgan fingerprint density at radius 1 is 1.22 bits per heavy atom. The first-order valence-electron chi connectivity index (χ1n) is 9.81. The number of rotatable bonds is 6. The van der Waals surface area contributed by atoms with E-state index >= 15 is 0 Å². The molecule has 2 aliphatic heterocycles. The minimum atomic E-state index is -0.191. The third-order valence-corrected chi connectivity index (χ3v) is 5.37. The summed E-state index contributed by atoms with van der Waals surface area (Å²) in [6, 6.07) is 5.64. The van der Waals surface area contributed by atoms with Crippen molar-refractivity contribution in [2.75, 3.05) is 26.9 Å². The van der Waals surface area contributed by atoms with E-state index in [-0.39, 0.29) is 12.9 Å². The van der Waals surface area contributed by atoms with Crippen molar-refractivity contribution in [2.24, 2.45) is 5.92 Å². The Morgan fingerprint density at radius 2 is 2.00 bits per heavy atom. The number of nitrogens with zero attached hydrogens (tertiary/aromatic N) is 4. The SMILES string of the molecule is CCn1nc(CC2CCN(C)CC2)nc1C(C)Oc1ccc2c(c1)OCO2. The van der Waals surface area contributed by atoms with Crippen molar-refractivity contribution >= 4 is 0 Å². The number of benzene rings is 1. The molecule has 1 aromatic carbocycles. The number of ether oxygens (including phenoxy) is 3. The van der Waals surface area contributed by atoms with Crippen LogP contribution < -0.4 is 14.2 Å². The van der Waals surface area contributed by atoms with Gasteiger partial charge in [-0.25, -0.2) is 9.67 Å². The van der Waals surface area contributed by atoms with E-state index in [9.17, 15) is 0 Å². The predicted molar refractivity (Wildman–Crippen MR) is 101 cm³/mol. The van der Waals surface area contributed by atoms with Gasteiger partial charge < -0.3 is 19.1 Å². The van der Waals surface area contributed by atoms with Crippen LogP contribution >= 0.6 is 0 Å². The highest BCUT2D eigenvalue weighted by Gasteiger charge is 2.23. The molecule has 0 aliphatic carbocycles. The maximum Gasteiger partial charge on any atom is 0.231 e. The van der Waals surface area contributed by atoms with Crippen LogP contribution in [-0.4, -0.2) is 46.6 Å². The van der Waals surface area contributed by atoms with E-state index in [1.54, 1.807) is 0 Å². The normalized spacial score (nSPS) is 18.6. The number of aromatic nitrogens is 3.